The van der Waals surface area contributed by atoms with Gasteiger partial charge in [0.2, 0.25) is 0 Å². The maximum atomic E-state index is 4.41. The molecule has 0 amide bonds. The van der Waals surface area contributed by atoms with E-state index in [0.717, 1.165) is 44.8 Å². The van der Waals surface area contributed by atoms with Crippen LogP contribution in [0, 0.1) is 0 Å². The van der Waals surface area contributed by atoms with E-state index in [0.29, 0.717) is 0 Å². The average molecular weight is 206 g/mol. The summed E-state index contributed by atoms with van der Waals surface area (Å²) in [5.74, 6) is 1.13. The van der Waals surface area contributed by atoms with Crippen molar-refractivity contribution < 1.29 is 0 Å². The van der Waals surface area contributed by atoms with E-state index in [1.807, 2.05) is 6.20 Å². The molecule has 0 bridgehead atoms. The Hall–Kier alpha value is -1.16. The summed E-state index contributed by atoms with van der Waals surface area (Å²) < 4.78 is 0. The Morgan fingerprint density at radius 2 is 2.20 bits per heavy atom. The van der Waals surface area contributed by atoms with Crippen LogP contribution in [-0.4, -0.2) is 36.1 Å². The van der Waals surface area contributed by atoms with Gasteiger partial charge in [0.05, 0.1) is 0 Å². The number of hydrogen-bond acceptors (Lipinski definition) is 4. The normalized spacial score (nSPS) is 16.7. The molecule has 0 aliphatic carbocycles. The Labute approximate surface area is 90.7 Å². The number of nitrogens with one attached hydrogen (secondary N) is 1. The van der Waals surface area contributed by atoms with Crippen molar-refractivity contribution in [3.8, 4) is 0 Å². The van der Waals surface area contributed by atoms with Crippen molar-refractivity contribution >= 4 is 5.82 Å². The van der Waals surface area contributed by atoms with Crippen LogP contribution < -0.4 is 10.2 Å². The van der Waals surface area contributed by atoms with E-state index < -0.39 is 0 Å². The Balaban J connectivity index is 2.17. The summed E-state index contributed by atoms with van der Waals surface area (Å²) in [7, 11) is 0. The quantitative estimate of drug-likeness (QED) is 0.795. The van der Waals surface area contributed by atoms with Gasteiger partial charge in [0.15, 0.2) is 0 Å². The van der Waals surface area contributed by atoms with E-state index in [1.165, 1.54) is 5.56 Å². The first-order valence-corrected chi connectivity index (χ1v) is 5.66. The van der Waals surface area contributed by atoms with Crippen LogP contribution >= 0.6 is 0 Å². The monoisotopic (exact) mass is 206 g/mol. The first kappa shape index (κ1) is 10.4. The highest BCUT2D eigenvalue weighted by Gasteiger charge is 2.14. The molecular weight excluding hydrogens is 188 g/mol. The van der Waals surface area contributed by atoms with Gasteiger partial charge in [0.1, 0.15) is 12.1 Å². The Morgan fingerprint density at radius 1 is 1.40 bits per heavy atom. The lowest BCUT2D eigenvalue weighted by atomic mass is 10.1. The highest BCUT2D eigenvalue weighted by molar-refractivity contribution is 5.45. The van der Waals surface area contributed by atoms with Gasteiger partial charge < -0.3 is 10.2 Å². The first-order chi connectivity index (χ1) is 7.42. The number of aromatic nitrogens is 2. The van der Waals surface area contributed by atoms with Gasteiger partial charge in [-0.1, -0.05) is 13.3 Å². The summed E-state index contributed by atoms with van der Waals surface area (Å²) in [6.45, 7) is 6.39. The van der Waals surface area contributed by atoms with Crippen LogP contribution in [-0.2, 0) is 6.42 Å². The lowest BCUT2D eigenvalue weighted by Gasteiger charge is -2.29. The third-order valence-electron chi connectivity index (χ3n) is 2.70. The molecule has 2 rings (SSSR count). The van der Waals surface area contributed by atoms with E-state index in [9.17, 15) is 0 Å². The van der Waals surface area contributed by atoms with Crippen LogP contribution in [0.25, 0.3) is 0 Å². The minimum atomic E-state index is 1.05. The molecule has 0 spiro atoms. The summed E-state index contributed by atoms with van der Waals surface area (Å²) in [5, 5.41) is 3.35. The van der Waals surface area contributed by atoms with E-state index in [4.69, 9.17) is 0 Å². The minimum absolute atomic E-state index is 1.05. The molecule has 82 valence electrons. The fourth-order valence-electron chi connectivity index (χ4n) is 1.96. The summed E-state index contributed by atoms with van der Waals surface area (Å²) in [4.78, 5) is 10.9. The summed E-state index contributed by atoms with van der Waals surface area (Å²) in [6.07, 6.45) is 5.82. The highest BCUT2D eigenvalue weighted by atomic mass is 15.2. The van der Waals surface area contributed by atoms with Gasteiger partial charge in [-0.3, -0.25) is 0 Å². The zero-order valence-electron chi connectivity index (χ0n) is 9.24. The number of aryl methyl sites for hydroxylation is 1. The average Bonchev–Trinajstić information content (AvgIpc) is 2.31. The predicted molar refractivity (Wildman–Crippen MR) is 61.1 cm³/mol. The number of hydrogen-bond donors (Lipinski definition) is 1. The number of rotatable bonds is 3. The Kier molecular flexibility index (Phi) is 3.50. The Bertz CT molecular complexity index is 307. The molecule has 4 nitrogen and oxygen atoms in total. The number of piperazine rings is 1. The highest BCUT2D eigenvalue weighted by Crippen LogP contribution is 2.17. The molecule has 15 heavy (non-hydrogen) atoms. The van der Waals surface area contributed by atoms with Crippen molar-refractivity contribution in [3.05, 3.63) is 18.1 Å². The van der Waals surface area contributed by atoms with Gasteiger partial charge in [-0.05, 0) is 6.42 Å². The molecule has 1 saturated heterocycles. The Morgan fingerprint density at radius 3 is 2.93 bits per heavy atom. The first-order valence-electron chi connectivity index (χ1n) is 5.66. The standard InChI is InChI=1S/C11H18N4/c1-2-3-10-8-13-9-14-11(10)15-6-4-12-5-7-15/h8-9,12H,2-7H2,1H3. The van der Waals surface area contributed by atoms with Gasteiger partial charge in [-0.15, -0.1) is 0 Å². The molecule has 1 N–H and O–H groups in total. The van der Waals surface area contributed by atoms with Crippen molar-refractivity contribution in [1.29, 1.82) is 0 Å². The maximum absolute atomic E-state index is 4.41. The van der Waals surface area contributed by atoms with E-state index in [-0.39, 0.29) is 0 Å². The van der Waals surface area contributed by atoms with Crippen molar-refractivity contribution in [1.82, 2.24) is 15.3 Å². The molecule has 4 heteroatoms. The van der Waals surface area contributed by atoms with Crippen LogP contribution in [0.2, 0.25) is 0 Å². The molecule has 1 aromatic heterocycles. The lowest BCUT2D eigenvalue weighted by Crippen LogP contribution is -2.44. The topological polar surface area (TPSA) is 41.1 Å². The molecule has 0 unspecified atom stereocenters. The van der Waals surface area contributed by atoms with Gasteiger partial charge in [-0.25, -0.2) is 9.97 Å². The smallest absolute Gasteiger partial charge is 0.135 e. The molecule has 0 radical (unpaired) electrons. The van der Waals surface area contributed by atoms with Gasteiger partial charge in [0, 0.05) is 37.9 Å². The van der Waals surface area contributed by atoms with E-state index in [1.54, 1.807) is 6.33 Å². The second-order valence-electron chi connectivity index (χ2n) is 3.86. The number of nitrogens with zero attached hydrogens (tertiary/aromatic N) is 3. The summed E-state index contributed by atoms with van der Waals surface area (Å²) in [6, 6.07) is 0. The zero-order chi connectivity index (χ0) is 10.5. The van der Waals surface area contributed by atoms with Crippen LogP contribution in [0.5, 0.6) is 0 Å². The van der Waals surface area contributed by atoms with Crippen molar-refractivity contribution in [2.24, 2.45) is 0 Å². The summed E-state index contributed by atoms with van der Waals surface area (Å²) >= 11 is 0. The molecule has 1 aliphatic rings. The fourth-order valence-corrected chi connectivity index (χ4v) is 1.96. The second kappa shape index (κ2) is 5.07. The lowest BCUT2D eigenvalue weighted by molar-refractivity contribution is 0.582. The van der Waals surface area contributed by atoms with E-state index in [2.05, 4.69) is 27.1 Å². The van der Waals surface area contributed by atoms with Crippen LogP contribution in [0.3, 0.4) is 0 Å². The largest absolute Gasteiger partial charge is 0.354 e. The number of anilines is 1. The van der Waals surface area contributed by atoms with Crippen LogP contribution in [0.1, 0.15) is 18.9 Å². The second-order valence-corrected chi connectivity index (χ2v) is 3.86. The van der Waals surface area contributed by atoms with Crippen LogP contribution in [0.4, 0.5) is 5.82 Å². The molecule has 2 heterocycles. The molecule has 1 fully saturated rings. The van der Waals surface area contributed by atoms with Crippen molar-refractivity contribution in [2.75, 3.05) is 31.1 Å². The zero-order valence-corrected chi connectivity index (χ0v) is 9.24. The minimum Gasteiger partial charge on any atom is -0.354 e. The fraction of sp³-hybridized carbons (Fsp3) is 0.636. The van der Waals surface area contributed by atoms with Gasteiger partial charge in [0.25, 0.3) is 0 Å². The third-order valence-corrected chi connectivity index (χ3v) is 2.70. The third kappa shape index (κ3) is 2.45. The molecule has 1 aromatic rings. The van der Waals surface area contributed by atoms with Crippen LogP contribution in [0.15, 0.2) is 12.5 Å². The molecule has 1 aliphatic heterocycles. The SMILES string of the molecule is CCCc1cncnc1N1CCNCC1. The van der Waals surface area contributed by atoms with Gasteiger partial charge >= 0.3 is 0 Å². The summed E-state index contributed by atoms with van der Waals surface area (Å²) in [5.41, 5.74) is 1.28. The predicted octanol–water partition coefficient (Wildman–Crippen LogP) is 0.839. The molecule has 0 atom stereocenters. The molecule has 0 aromatic carbocycles. The molecular formula is C11H18N4. The van der Waals surface area contributed by atoms with Crippen molar-refractivity contribution in [2.45, 2.75) is 19.8 Å². The van der Waals surface area contributed by atoms with E-state index >= 15 is 0 Å². The van der Waals surface area contributed by atoms with Gasteiger partial charge in [-0.2, -0.15) is 0 Å². The molecule has 0 saturated carbocycles. The van der Waals surface area contributed by atoms with Crippen molar-refractivity contribution in [3.63, 3.8) is 0 Å². The maximum Gasteiger partial charge on any atom is 0.135 e.